The van der Waals surface area contributed by atoms with Gasteiger partial charge in [-0.1, -0.05) is 12.1 Å². The van der Waals surface area contributed by atoms with E-state index in [2.05, 4.69) is 41.8 Å². The third-order valence-electron chi connectivity index (χ3n) is 7.38. The van der Waals surface area contributed by atoms with Gasteiger partial charge in [0.2, 0.25) is 5.91 Å². The number of amides is 1. The lowest BCUT2D eigenvalue weighted by Gasteiger charge is -2.37. The van der Waals surface area contributed by atoms with Crippen molar-refractivity contribution in [1.29, 1.82) is 0 Å². The van der Waals surface area contributed by atoms with E-state index >= 15 is 0 Å². The van der Waals surface area contributed by atoms with Crippen molar-refractivity contribution in [1.82, 2.24) is 29.3 Å². The van der Waals surface area contributed by atoms with Crippen molar-refractivity contribution in [2.24, 2.45) is 5.92 Å². The van der Waals surface area contributed by atoms with Crippen LogP contribution in [0.3, 0.4) is 0 Å². The minimum atomic E-state index is 0.158. The molecule has 7 nitrogen and oxygen atoms in total. The van der Waals surface area contributed by atoms with Crippen LogP contribution in [-0.2, 0) is 11.3 Å². The highest BCUT2D eigenvalue weighted by Gasteiger charge is 2.32. The first kappa shape index (κ1) is 22.4. The van der Waals surface area contributed by atoms with Crippen LogP contribution in [0.15, 0.2) is 60.2 Å². The van der Waals surface area contributed by atoms with Gasteiger partial charge in [0, 0.05) is 48.9 Å². The SMILES string of the molecule is O=C(C1CCN(Cc2cccs2)CC1)N1CCC(n2c(-c3ccccn3)nc3cccnc32)CC1. The standard InChI is InChI=1S/C27H30N6OS/c34-27(20-8-14-31(15-9-20)19-22-5-4-18-35-22)32-16-10-21(11-17-32)33-25-24(7-3-13-29-25)30-26(33)23-6-1-2-12-28-23/h1-7,12-13,18,20-21H,8-11,14-17,19H2. The summed E-state index contributed by atoms with van der Waals surface area (Å²) in [5, 5.41) is 2.14. The predicted octanol–water partition coefficient (Wildman–Crippen LogP) is 4.63. The average Bonchev–Trinajstić information content (AvgIpc) is 3.57. The summed E-state index contributed by atoms with van der Waals surface area (Å²) in [7, 11) is 0. The fourth-order valence-corrected chi connectivity index (χ4v) is 6.26. The van der Waals surface area contributed by atoms with Gasteiger partial charge in [0.05, 0.1) is 0 Å². The predicted molar refractivity (Wildman–Crippen MR) is 138 cm³/mol. The number of aromatic nitrogens is 4. The molecule has 4 aromatic rings. The number of thiophene rings is 1. The van der Waals surface area contributed by atoms with E-state index in [0.29, 0.717) is 5.91 Å². The zero-order chi connectivity index (χ0) is 23.6. The second-order valence-electron chi connectivity index (χ2n) is 9.55. The molecular weight excluding hydrogens is 456 g/mol. The van der Waals surface area contributed by atoms with Crippen LogP contribution in [0.2, 0.25) is 0 Å². The fraction of sp³-hybridized carbons (Fsp3) is 0.407. The molecule has 2 fully saturated rings. The second-order valence-corrected chi connectivity index (χ2v) is 10.6. The third kappa shape index (κ3) is 4.60. The largest absolute Gasteiger partial charge is 0.342 e. The van der Waals surface area contributed by atoms with E-state index in [-0.39, 0.29) is 12.0 Å². The summed E-state index contributed by atoms with van der Waals surface area (Å²) < 4.78 is 2.25. The Balaban J connectivity index is 1.12. The van der Waals surface area contributed by atoms with Gasteiger partial charge in [0.1, 0.15) is 11.2 Å². The van der Waals surface area contributed by atoms with Gasteiger partial charge in [-0.05, 0) is 74.5 Å². The smallest absolute Gasteiger partial charge is 0.225 e. The lowest BCUT2D eigenvalue weighted by atomic mass is 9.93. The Morgan fingerprint density at radius 2 is 1.74 bits per heavy atom. The maximum atomic E-state index is 13.3. The second kappa shape index (κ2) is 9.87. The summed E-state index contributed by atoms with van der Waals surface area (Å²) in [6, 6.07) is 14.4. The van der Waals surface area contributed by atoms with Crippen LogP contribution in [0.5, 0.6) is 0 Å². The Bertz CT molecular complexity index is 1270. The van der Waals surface area contributed by atoms with E-state index in [9.17, 15) is 4.79 Å². The van der Waals surface area contributed by atoms with E-state index in [0.717, 1.165) is 81.1 Å². The van der Waals surface area contributed by atoms with E-state index < -0.39 is 0 Å². The number of fused-ring (bicyclic) bond motifs is 1. The number of piperidine rings is 2. The Labute approximate surface area is 209 Å². The lowest BCUT2D eigenvalue weighted by Crippen LogP contribution is -2.45. The van der Waals surface area contributed by atoms with Crippen LogP contribution >= 0.6 is 11.3 Å². The number of carbonyl (C=O) groups excluding carboxylic acids is 1. The molecule has 4 aromatic heterocycles. The van der Waals surface area contributed by atoms with Crippen LogP contribution in [0.4, 0.5) is 0 Å². The van der Waals surface area contributed by atoms with Gasteiger partial charge < -0.3 is 9.47 Å². The molecule has 35 heavy (non-hydrogen) atoms. The van der Waals surface area contributed by atoms with Gasteiger partial charge in [-0.25, -0.2) is 9.97 Å². The average molecular weight is 487 g/mol. The number of hydrogen-bond acceptors (Lipinski definition) is 6. The van der Waals surface area contributed by atoms with Crippen LogP contribution in [-0.4, -0.2) is 61.4 Å². The van der Waals surface area contributed by atoms with Gasteiger partial charge in [0.25, 0.3) is 0 Å². The summed E-state index contributed by atoms with van der Waals surface area (Å²) in [6.45, 7) is 4.59. The number of hydrogen-bond donors (Lipinski definition) is 0. The first-order valence-electron chi connectivity index (χ1n) is 12.5. The Kier molecular flexibility index (Phi) is 6.31. The molecule has 2 aliphatic heterocycles. The first-order valence-corrected chi connectivity index (χ1v) is 13.4. The van der Waals surface area contributed by atoms with Gasteiger partial charge in [-0.2, -0.15) is 0 Å². The van der Waals surface area contributed by atoms with Gasteiger partial charge in [0.15, 0.2) is 11.5 Å². The van der Waals surface area contributed by atoms with Crippen LogP contribution < -0.4 is 0 Å². The van der Waals surface area contributed by atoms with Crippen LogP contribution in [0.25, 0.3) is 22.7 Å². The number of imidazole rings is 1. The van der Waals surface area contributed by atoms with Crippen molar-refractivity contribution in [2.75, 3.05) is 26.2 Å². The highest BCUT2D eigenvalue weighted by Crippen LogP contribution is 2.33. The summed E-state index contributed by atoms with van der Waals surface area (Å²) in [6.07, 6.45) is 7.37. The highest BCUT2D eigenvalue weighted by molar-refractivity contribution is 7.09. The summed E-state index contributed by atoms with van der Waals surface area (Å²) in [4.78, 5) is 33.4. The van der Waals surface area contributed by atoms with Crippen molar-refractivity contribution < 1.29 is 4.79 Å². The van der Waals surface area contributed by atoms with E-state index in [1.165, 1.54) is 4.88 Å². The van der Waals surface area contributed by atoms with Gasteiger partial charge >= 0.3 is 0 Å². The molecule has 180 valence electrons. The van der Waals surface area contributed by atoms with Crippen molar-refractivity contribution >= 4 is 28.4 Å². The molecule has 0 bridgehead atoms. The van der Waals surface area contributed by atoms with Crippen molar-refractivity contribution in [3.8, 4) is 11.5 Å². The Hall–Kier alpha value is -3.10. The van der Waals surface area contributed by atoms with E-state index in [4.69, 9.17) is 4.98 Å². The molecule has 0 atom stereocenters. The molecular formula is C27H30N6OS. The number of nitrogens with zero attached hydrogens (tertiary/aromatic N) is 6. The van der Waals surface area contributed by atoms with E-state index in [1.54, 1.807) is 6.20 Å². The van der Waals surface area contributed by atoms with Gasteiger partial charge in [-0.15, -0.1) is 11.3 Å². The number of pyridine rings is 2. The molecule has 0 radical (unpaired) electrons. The molecule has 6 rings (SSSR count). The van der Waals surface area contributed by atoms with E-state index in [1.807, 2.05) is 47.9 Å². The summed E-state index contributed by atoms with van der Waals surface area (Å²) in [5.74, 6) is 1.37. The molecule has 1 amide bonds. The van der Waals surface area contributed by atoms with Crippen LogP contribution in [0, 0.1) is 5.92 Å². The fourth-order valence-electron chi connectivity index (χ4n) is 5.51. The maximum Gasteiger partial charge on any atom is 0.225 e. The minimum absolute atomic E-state index is 0.158. The lowest BCUT2D eigenvalue weighted by molar-refractivity contribution is -0.138. The molecule has 0 aliphatic carbocycles. The van der Waals surface area contributed by atoms with Crippen LogP contribution in [0.1, 0.15) is 36.6 Å². The monoisotopic (exact) mass is 486 g/mol. The van der Waals surface area contributed by atoms with Crippen molar-refractivity contribution in [2.45, 2.75) is 38.3 Å². The topological polar surface area (TPSA) is 67.2 Å². The van der Waals surface area contributed by atoms with Crippen molar-refractivity contribution in [3.05, 3.63) is 65.1 Å². The van der Waals surface area contributed by atoms with Crippen molar-refractivity contribution in [3.63, 3.8) is 0 Å². The molecule has 0 unspecified atom stereocenters. The minimum Gasteiger partial charge on any atom is -0.342 e. The molecule has 0 saturated carbocycles. The molecule has 2 saturated heterocycles. The molecule has 0 aromatic carbocycles. The Morgan fingerprint density at radius 1 is 0.914 bits per heavy atom. The Morgan fingerprint density at radius 3 is 2.49 bits per heavy atom. The maximum absolute atomic E-state index is 13.3. The molecule has 2 aliphatic rings. The number of rotatable bonds is 5. The van der Waals surface area contributed by atoms with Gasteiger partial charge in [-0.3, -0.25) is 14.7 Å². The summed E-state index contributed by atoms with van der Waals surface area (Å²) >= 11 is 1.81. The third-order valence-corrected chi connectivity index (χ3v) is 8.24. The zero-order valence-electron chi connectivity index (χ0n) is 19.8. The number of likely N-dealkylation sites (tertiary alicyclic amines) is 2. The quantitative estimate of drug-likeness (QED) is 0.411. The summed E-state index contributed by atoms with van der Waals surface area (Å²) in [5.41, 5.74) is 2.65. The molecule has 8 heteroatoms. The molecule has 0 spiro atoms. The normalized spacial score (nSPS) is 18.3. The molecule has 0 N–H and O–H groups in total. The zero-order valence-corrected chi connectivity index (χ0v) is 20.6. The molecule has 6 heterocycles. The highest BCUT2D eigenvalue weighted by atomic mass is 32.1. The number of carbonyl (C=O) groups is 1. The first-order chi connectivity index (χ1) is 17.3.